The minimum Gasteiger partial charge on any atom is -0.466 e. The van der Waals surface area contributed by atoms with Crippen molar-refractivity contribution in [1.29, 1.82) is 0 Å². The van der Waals surface area contributed by atoms with Gasteiger partial charge in [-0.3, -0.25) is 4.79 Å². The van der Waals surface area contributed by atoms with Gasteiger partial charge in [0.2, 0.25) is 0 Å². The lowest BCUT2D eigenvalue weighted by molar-refractivity contribution is -0.143. The molecule has 0 aromatic heterocycles. The summed E-state index contributed by atoms with van der Waals surface area (Å²) in [4.78, 5) is 11.2. The maximum Gasteiger partial charge on any atom is 0.305 e. The van der Waals surface area contributed by atoms with E-state index < -0.39 is 0 Å². The number of hydrogen-bond acceptors (Lipinski definition) is 3. The molecule has 1 saturated heterocycles. The molecule has 0 aromatic carbocycles. The summed E-state index contributed by atoms with van der Waals surface area (Å²) in [6.45, 7) is 4.36. The molecule has 0 spiro atoms. The summed E-state index contributed by atoms with van der Waals surface area (Å²) in [7, 11) is 0. The van der Waals surface area contributed by atoms with Gasteiger partial charge in [0, 0.05) is 19.6 Å². The highest BCUT2D eigenvalue weighted by Gasteiger charge is 2.14. The fourth-order valence-corrected chi connectivity index (χ4v) is 1.86. The number of carbonyl (C=O) groups is 1. The molecular weight excluding hydrogens is 192 g/mol. The third kappa shape index (κ3) is 5.78. The standard InChI is InChI=1S/C12H22O3/c1-2-8-15-12(13)7-3-5-11-6-4-9-14-10-11/h11H,2-10H2,1H3. The van der Waals surface area contributed by atoms with Crippen molar-refractivity contribution in [2.75, 3.05) is 19.8 Å². The highest BCUT2D eigenvalue weighted by Crippen LogP contribution is 2.19. The molecular formula is C12H22O3. The monoisotopic (exact) mass is 214 g/mol. The summed E-state index contributed by atoms with van der Waals surface area (Å²) >= 11 is 0. The van der Waals surface area contributed by atoms with Crippen LogP contribution in [0.3, 0.4) is 0 Å². The molecule has 15 heavy (non-hydrogen) atoms. The topological polar surface area (TPSA) is 35.5 Å². The maximum absolute atomic E-state index is 11.2. The number of rotatable bonds is 6. The average molecular weight is 214 g/mol. The second kappa shape index (κ2) is 7.69. The van der Waals surface area contributed by atoms with E-state index in [4.69, 9.17) is 9.47 Å². The predicted molar refractivity (Wildman–Crippen MR) is 58.6 cm³/mol. The third-order valence-corrected chi connectivity index (χ3v) is 2.72. The predicted octanol–water partition coefficient (Wildman–Crippen LogP) is 2.54. The largest absolute Gasteiger partial charge is 0.466 e. The van der Waals surface area contributed by atoms with E-state index in [1.807, 2.05) is 6.92 Å². The minimum absolute atomic E-state index is 0.0476. The van der Waals surface area contributed by atoms with Gasteiger partial charge in [-0.2, -0.15) is 0 Å². The van der Waals surface area contributed by atoms with E-state index >= 15 is 0 Å². The van der Waals surface area contributed by atoms with Crippen molar-refractivity contribution in [2.24, 2.45) is 5.92 Å². The molecule has 0 bridgehead atoms. The van der Waals surface area contributed by atoms with E-state index in [0.717, 1.165) is 32.5 Å². The van der Waals surface area contributed by atoms with Crippen LogP contribution in [0.4, 0.5) is 0 Å². The molecule has 1 rings (SSSR count). The van der Waals surface area contributed by atoms with Crippen molar-refractivity contribution < 1.29 is 14.3 Å². The summed E-state index contributed by atoms with van der Waals surface area (Å²) in [5, 5.41) is 0. The fraction of sp³-hybridized carbons (Fsp3) is 0.917. The van der Waals surface area contributed by atoms with Crippen LogP contribution in [0, 0.1) is 5.92 Å². The molecule has 1 unspecified atom stereocenters. The average Bonchev–Trinajstić information content (AvgIpc) is 2.28. The molecule has 3 nitrogen and oxygen atoms in total. The summed E-state index contributed by atoms with van der Waals surface area (Å²) in [5.74, 6) is 0.617. The lowest BCUT2D eigenvalue weighted by atomic mass is 9.96. The second-order valence-electron chi connectivity index (χ2n) is 4.20. The van der Waals surface area contributed by atoms with Gasteiger partial charge in [0.15, 0.2) is 0 Å². The van der Waals surface area contributed by atoms with Crippen LogP contribution in [0.5, 0.6) is 0 Å². The van der Waals surface area contributed by atoms with E-state index in [9.17, 15) is 4.79 Å². The molecule has 1 atom stereocenters. The van der Waals surface area contributed by atoms with E-state index in [1.165, 1.54) is 12.8 Å². The zero-order valence-corrected chi connectivity index (χ0v) is 9.67. The molecule has 0 amide bonds. The Morgan fingerprint density at radius 1 is 1.53 bits per heavy atom. The van der Waals surface area contributed by atoms with Gasteiger partial charge in [0.1, 0.15) is 0 Å². The van der Waals surface area contributed by atoms with Gasteiger partial charge in [-0.05, 0) is 38.0 Å². The highest BCUT2D eigenvalue weighted by atomic mass is 16.5. The number of hydrogen-bond donors (Lipinski definition) is 0. The third-order valence-electron chi connectivity index (χ3n) is 2.72. The van der Waals surface area contributed by atoms with Crippen LogP contribution >= 0.6 is 0 Å². The van der Waals surface area contributed by atoms with Gasteiger partial charge in [0.25, 0.3) is 0 Å². The van der Waals surface area contributed by atoms with Gasteiger partial charge in [0.05, 0.1) is 6.61 Å². The molecule has 1 aliphatic rings. The Morgan fingerprint density at radius 3 is 3.07 bits per heavy atom. The van der Waals surface area contributed by atoms with Crippen LogP contribution in [0.1, 0.15) is 45.4 Å². The van der Waals surface area contributed by atoms with Crippen molar-refractivity contribution in [1.82, 2.24) is 0 Å². The van der Waals surface area contributed by atoms with Gasteiger partial charge < -0.3 is 9.47 Å². The van der Waals surface area contributed by atoms with Crippen LogP contribution < -0.4 is 0 Å². The molecule has 3 heteroatoms. The summed E-state index contributed by atoms with van der Waals surface area (Å²) in [5.41, 5.74) is 0. The van der Waals surface area contributed by atoms with Crippen LogP contribution in [-0.2, 0) is 14.3 Å². The number of carbonyl (C=O) groups excluding carboxylic acids is 1. The van der Waals surface area contributed by atoms with Crippen LogP contribution in [-0.4, -0.2) is 25.8 Å². The molecule has 0 aliphatic carbocycles. The summed E-state index contributed by atoms with van der Waals surface area (Å²) in [6.07, 6.45) is 5.94. The molecule has 0 aromatic rings. The first-order valence-corrected chi connectivity index (χ1v) is 6.06. The fourth-order valence-electron chi connectivity index (χ4n) is 1.86. The Balaban J connectivity index is 1.97. The SMILES string of the molecule is CCCOC(=O)CCCC1CCCOC1. The van der Waals surface area contributed by atoms with Crippen molar-refractivity contribution in [3.63, 3.8) is 0 Å². The molecule has 0 N–H and O–H groups in total. The Hall–Kier alpha value is -0.570. The molecule has 0 radical (unpaired) electrons. The molecule has 1 aliphatic heterocycles. The van der Waals surface area contributed by atoms with E-state index in [1.54, 1.807) is 0 Å². The molecule has 0 saturated carbocycles. The number of esters is 1. The number of ether oxygens (including phenoxy) is 2. The normalized spacial score (nSPS) is 21.3. The molecule has 1 heterocycles. The van der Waals surface area contributed by atoms with Gasteiger partial charge >= 0.3 is 5.97 Å². The Bertz CT molecular complexity index is 174. The first-order valence-electron chi connectivity index (χ1n) is 6.06. The maximum atomic E-state index is 11.2. The Morgan fingerprint density at radius 2 is 2.40 bits per heavy atom. The lowest BCUT2D eigenvalue weighted by Crippen LogP contribution is -2.17. The Kier molecular flexibility index (Phi) is 6.41. The minimum atomic E-state index is -0.0476. The van der Waals surface area contributed by atoms with Crippen molar-refractivity contribution in [3.05, 3.63) is 0 Å². The summed E-state index contributed by atoms with van der Waals surface area (Å²) in [6, 6.07) is 0. The van der Waals surface area contributed by atoms with E-state index in [2.05, 4.69) is 0 Å². The smallest absolute Gasteiger partial charge is 0.305 e. The van der Waals surface area contributed by atoms with Gasteiger partial charge in [-0.25, -0.2) is 0 Å². The van der Waals surface area contributed by atoms with E-state index in [0.29, 0.717) is 18.9 Å². The first-order chi connectivity index (χ1) is 7.33. The van der Waals surface area contributed by atoms with Crippen molar-refractivity contribution >= 4 is 5.97 Å². The van der Waals surface area contributed by atoms with Crippen LogP contribution in [0.2, 0.25) is 0 Å². The molecule has 1 fully saturated rings. The van der Waals surface area contributed by atoms with Gasteiger partial charge in [-0.1, -0.05) is 6.92 Å². The summed E-state index contributed by atoms with van der Waals surface area (Å²) < 4.78 is 10.4. The highest BCUT2D eigenvalue weighted by molar-refractivity contribution is 5.69. The van der Waals surface area contributed by atoms with Crippen molar-refractivity contribution in [3.8, 4) is 0 Å². The second-order valence-corrected chi connectivity index (χ2v) is 4.20. The quantitative estimate of drug-likeness (QED) is 0.637. The molecule has 88 valence electrons. The zero-order valence-electron chi connectivity index (χ0n) is 9.67. The zero-order chi connectivity index (χ0) is 10.9. The van der Waals surface area contributed by atoms with Crippen LogP contribution in [0.15, 0.2) is 0 Å². The van der Waals surface area contributed by atoms with E-state index in [-0.39, 0.29) is 5.97 Å². The van der Waals surface area contributed by atoms with Gasteiger partial charge in [-0.15, -0.1) is 0 Å². The first kappa shape index (κ1) is 12.5. The Labute approximate surface area is 92.1 Å². The van der Waals surface area contributed by atoms with Crippen molar-refractivity contribution in [2.45, 2.75) is 45.4 Å². The lowest BCUT2D eigenvalue weighted by Gasteiger charge is -2.21. The van der Waals surface area contributed by atoms with Crippen LogP contribution in [0.25, 0.3) is 0 Å².